The molecule has 0 radical (unpaired) electrons. The smallest absolute Gasteiger partial charge is 0.00277 e. The van der Waals surface area contributed by atoms with Crippen molar-refractivity contribution in [3.05, 3.63) is 83.1 Å². The Labute approximate surface area is 121 Å². The van der Waals surface area contributed by atoms with E-state index >= 15 is 0 Å². The van der Waals surface area contributed by atoms with E-state index in [1.54, 1.807) is 0 Å². The lowest BCUT2D eigenvalue weighted by Gasteiger charge is -2.14. The first-order valence-corrected chi connectivity index (χ1v) is 6.84. The first kappa shape index (κ1) is 14.1. The molecular formula is C19H21N. The molecule has 0 heterocycles. The van der Waals surface area contributed by atoms with Crippen molar-refractivity contribution in [2.45, 2.75) is 13.8 Å². The molecule has 1 nitrogen and oxygen atoms in total. The second-order valence-electron chi connectivity index (χ2n) is 4.95. The van der Waals surface area contributed by atoms with Gasteiger partial charge in [-0.2, -0.15) is 0 Å². The van der Waals surface area contributed by atoms with E-state index in [-0.39, 0.29) is 0 Å². The van der Waals surface area contributed by atoms with Crippen LogP contribution in [0.25, 0.3) is 11.6 Å². The van der Waals surface area contributed by atoms with Crippen LogP contribution in [0.5, 0.6) is 0 Å². The molecule has 1 N–H and O–H groups in total. The fourth-order valence-corrected chi connectivity index (χ4v) is 2.39. The maximum Gasteiger partial charge on any atom is 0.00277 e. The topological polar surface area (TPSA) is 12.0 Å². The van der Waals surface area contributed by atoms with Gasteiger partial charge in [0.1, 0.15) is 0 Å². The highest BCUT2D eigenvalue weighted by atomic mass is 14.8. The van der Waals surface area contributed by atoms with Gasteiger partial charge in [-0.3, -0.25) is 0 Å². The summed E-state index contributed by atoms with van der Waals surface area (Å²) in [7, 11) is 1.91. The Morgan fingerprint density at radius 2 is 1.60 bits per heavy atom. The van der Waals surface area contributed by atoms with Crippen molar-refractivity contribution >= 4 is 11.6 Å². The number of hydrogen-bond acceptors (Lipinski definition) is 1. The van der Waals surface area contributed by atoms with Crippen molar-refractivity contribution in [2.75, 3.05) is 7.05 Å². The van der Waals surface area contributed by atoms with E-state index in [9.17, 15) is 0 Å². The summed E-state index contributed by atoms with van der Waals surface area (Å²) in [4.78, 5) is 0. The lowest BCUT2D eigenvalue weighted by Crippen LogP contribution is -1.97. The quantitative estimate of drug-likeness (QED) is 0.853. The molecule has 0 unspecified atom stereocenters. The molecule has 0 aromatic heterocycles. The summed E-state index contributed by atoms with van der Waals surface area (Å²) in [5, 5.41) is 3.05. The SMILES string of the molecule is C=C(c1ccccc1C)c1cccc(C)c1/C=C\NC. The van der Waals surface area contributed by atoms with E-state index in [4.69, 9.17) is 0 Å². The van der Waals surface area contributed by atoms with Crippen LogP contribution in [0.3, 0.4) is 0 Å². The number of rotatable bonds is 4. The summed E-state index contributed by atoms with van der Waals surface area (Å²) in [5.74, 6) is 0. The molecule has 0 bridgehead atoms. The minimum atomic E-state index is 1.07. The lowest BCUT2D eigenvalue weighted by molar-refractivity contribution is 1.11. The van der Waals surface area contributed by atoms with Gasteiger partial charge in [-0.05, 0) is 59.5 Å². The van der Waals surface area contributed by atoms with E-state index in [2.05, 4.69) is 74.3 Å². The summed E-state index contributed by atoms with van der Waals surface area (Å²) in [6, 6.07) is 14.7. The third kappa shape index (κ3) is 2.83. The van der Waals surface area contributed by atoms with Gasteiger partial charge in [0.25, 0.3) is 0 Å². The van der Waals surface area contributed by atoms with Gasteiger partial charge < -0.3 is 5.32 Å². The maximum absolute atomic E-state index is 4.31. The summed E-state index contributed by atoms with van der Waals surface area (Å²) in [6.45, 7) is 8.56. The average Bonchev–Trinajstić information content (AvgIpc) is 2.45. The third-order valence-corrected chi connectivity index (χ3v) is 3.54. The Hall–Kier alpha value is -2.28. The molecule has 0 saturated heterocycles. The Morgan fingerprint density at radius 3 is 2.30 bits per heavy atom. The van der Waals surface area contributed by atoms with Crippen LogP contribution < -0.4 is 5.32 Å². The van der Waals surface area contributed by atoms with Crippen LogP contribution in [0.1, 0.15) is 27.8 Å². The predicted molar refractivity (Wildman–Crippen MR) is 88.6 cm³/mol. The Morgan fingerprint density at radius 1 is 0.950 bits per heavy atom. The van der Waals surface area contributed by atoms with E-state index in [1.165, 1.54) is 27.8 Å². The molecule has 0 aliphatic heterocycles. The molecule has 1 heteroatoms. The lowest BCUT2D eigenvalue weighted by atomic mass is 9.90. The molecular weight excluding hydrogens is 242 g/mol. The van der Waals surface area contributed by atoms with E-state index in [1.807, 2.05) is 13.2 Å². The fraction of sp³-hybridized carbons (Fsp3) is 0.158. The third-order valence-electron chi connectivity index (χ3n) is 3.54. The summed E-state index contributed by atoms with van der Waals surface area (Å²) >= 11 is 0. The zero-order chi connectivity index (χ0) is 14.5. The Balaban J connectivity index is 2.53. The van der Waals surface area contributed by atoms with Crippen molar-refractivity contribution in [3.8, 4) is 0 Å². The van der Waals surface area contributed by atoms with E-state index in [0.717, 1.165) is 5.57 Å². The van der Waals surface area contributed by atoms with Crippen LogP contribution >= 0.6 is 0 Å². The minimum absolute atomic E-state index is 1.07. The second kappa shape index (κ2) is 6.25. The molecule has 2 aromatic carbocycles. The summed E-state index contributed by atoms with van der Waals surface area (Å²) in [5.41, 5.74) is 7.19. The van der Waals surface area contributed by atoms with Gasteiger partial charge in [0, 0.05) is 7.05 Å². The predicted octanol–water partition coefficient (Wildman–Crippen LogP) is 4.56. The van der Waals surface area contributed by atoms with Crippen LogP contribution in [0.4, 0.5) is 0 Å². The van der Waals surface area contributed by atoms with Crippen molar-refractivity contribution < 1.29 is 0 Å². The van der Waals surface area contributed by atoms with Gasteiger partial charge in [0.05, 0.1) is 0 Å². The number of benzene rings is 2. The monoisotopic (exact) mass is 263 g/mol. The molecule has 20 heavy (non-hydrogen) atoms. The van der Waals surface area contributed by atoms with Crippen LogP contribution in [0.15, 0.2) is 55.2 Å². The van der Waals surface area contributed by atoms with Gasteiger partial charge in [-0.1, -0.05) is 49.0 Å². The maximum atomic E-state index is 4.31. The number of aryl methyl sites for hydroxylation is 2. The molecule has 0 spiro atoms. The molecule has 0 saturated carbocycles. The first-order chi connectivity index (χ1) is 9.65. The van der Waals surface area contributed by atoms with Gasteiger partial charge in [-0.15, -0.1) is 0 Å². The zero-order valence-electron chi connectivity index (χ0n) is 12.4. The van der Waals surface area contributed by atoms with Crippen LogP contribution in [0, 0.1) is 13.8 Å². The highest BCUT2D eigenvalue weighted by molar-refractivity contribution is 5.85. The first-order valence-electron chi connectivity index (χ1n) is 6.84. The second-order valence-corrected chi connectivity index (χ2v) is 4.95. The zero-order valence-corrected chi connectivity index (χ0v) is 12.4. The molecule has 0 fully saturated rings. The molecule has 102 valence electrons. The Kier molecular flexibility index (Phi) is 4.41. The van der Waals surface area contributed by atoms with Gasteiger partial charge in [-0.25, -0.2) is 0 Å². The standard InChI is InChI=1S/C19H21N/c1-14-8-5-6-10-17(14)16(3)19-11-7-9-15(2)18(19)12-13-20-4/h5-13,20H,3H2,1-2,4H3/b13-12-. The normalized spacial score (nSPS) is 10.8. The van der Waals surface area contributed by atoms with Gasteiger partial charge >= 0.3 is 0 Å². The van der Waals surface area contributed by atoms with E-state index < -0.39 is 0 Å². The molecule has 0 atom stereocenters. The van der Waals surface area contributed by atoms with Crippen LogP contribution in [0.2, 0.25) is 0 Å². The average molecular weight is 263 g/mol. The van der Waals surface area contributed by atoms with Crippen LogP contribution in [-0.4, -0.2) is 7.05 Å². The summed E-state index contributed by atoms with van der Waals surface area (Å²) < 4.78 is 0. The van der Waals surface area contributed by atoms with Crippen molar-refractivity contribution in [1.29, 1.82) is 0 Å². The number of nitrogens with one attached hydrogen (secondary N) is 1. The fourth-order valence-electron chi connectivity index (χ4n) is 2.39. The number of hydrogen-bond donors (Lipinski definition) is 1. The van der Waals surface area contributed by atoms with Crippen LogP contribution in [-0.2, 0) is 0 Å². The Bertz CT molecular complexity index is 651. The van der Waals surface area contributed by atoms with Gasteiger partial charge in [0.15, 0.2) is 0 Å². The summed E-state index contributed by atoms with van der Waals surface area (Å²) in [6.07, 6.45) is 4.06. The molecule has 0 amide bonds. The van der Waals surface area contributed by atoms with E-state index in [0.29, 0.717) is 0 Å². The molecule has 0 aliphatic carbocycles. The minimum Gasteiger partial charge on any atom is -0.394 e. The highest BCUT2D eigenvalue weighted by Crippen LogP contribution is 2.29. The van der Waals surface area contributed by atoms with Crippen molar-refractivity contribution in [3.63, 3.8) is 0 Å². The largest absolute Gasteiger partial charge is 0.394 e. The highest BCUT2D eigenvalue weighted by Gasteiger charge is 2.09. The van der Waals surface area contributed by atoms with Crippen molar-refractivity contribution in [2.24, 2.45) is 0 Å². The molecule has 2 rings (SSSR count). The molecule has 2 aromatic rings. The molecule has 0 aliphatic rings. The van der Waals surface area contributed by atoms with Crippen molar-refractivity contribution in [1.82, 2.24) is 5.32 Å². The van der Waals surface area contributed by atoms with Gasteiger partial charge in [0.2, 0.25) is 0 Å².